The number of ether oxygens (including phenoxy) is 1. The van der Waals surface area contributed by atoms with E-state index in [0.29, 0.717) is 22.9 Å². The number of halogens is 1. The van der Waals surface area contributed by atoms with Crippen molar-refractivity contribution in [3.63, 3.8) is 0 Å². The van der Waals surface area contributed by atoms with Crippen molar-refractivity contribution in [1.82, 2.24) is 0 Å². The Balaban J connectivity index is 2.07. The summed E-state index contributed by atoms with van der Waals surface area (Å²) in [7, 11) is 0. The highest BCUT2D eigenvalue weighted by molar-refractivity contribution is 6.34. The Hall–Kier alpha value is -1.80. The van der Waals surface area contributed by atoms with Crippen molar-refractivity contribution in [1.29, 1.82) is 0 Å². The Labute approximate surface area is 124 Å². The molecule has 0 amide bonds. The summed E-state index contributed by atoms with van der Waals surface area (Å²) >= 11 is 6.05. The molecule has 0 N–H and O–H groups in total. The standard InChI is InChI=1S/C17H17ClO2/c1-3-13-5-4-6-14(9-13)11-20-15-7-8-16(12(2)19)17(18)10-15/h4-10H,3,11H2,1-2H3. The lowest BCUT2D eigenvalue weighted by Crippen LogP contribution is -1.98. The molecular formula is C17H17ClO2. The van der Waals surface area contributed by atoms with Gasteiger partial charge in [-0.1, -0.05) is 42.8 Å². The fraction of sp³-hybridized carbons (Fsp3) is 0.235. The third kappa shape index (κ3) is 3.61. The van der Waals surface area contributed by atoms with E-state index in [1.807, 2.05) is 12.1 Å². The number of rotatable bonds is 5. The van der Waals surface area contributed by atoms with Crippen molar-refractivity contribution < 1.29 is 9.53 Å². The highest BCUT2D eigenvalue weighted by Gasteiger charge is 2.07. The monoisotopic (exact) mass is 288 g/mol. The number of carbonyl (C=O) groups is 1. The van der Waals surface area contributed by atoms with Crippen LogP contribution in [0.15, 0.2) is 42.5 Å². The van der Waals surface area contributed by atoms with E-state index in [1.54, 1.807) is 18.2 Å². The molecule has 2 aromatic carbocycles. The Morgan fingerprint density at radius 1 is 1.15 bits per heavy atom. The van der Waals surface area contributed by atoms with Gasteiger partial charge in [-0.3, -0.25) is 4.79 Å². The van der Waals surface area contributed by atoms with E-state index in [-0.39, 0.29) is 5.78 Å². The van der Waals surface area contributed by atoms with Crippen LogP contribution in [0.25, 0.3) is 0 Å². The van der Waals surface area contributed by atoms with Gasteiger partial charge in [-0.05, 0) is 42.7 Å². The summed E-state index contributed by atoms with van der Waals surface area (Å²) in [6.45, 7) is 4.11. The Kier molecular flexibility index (Phi) is 4.80. The van der Waals surface area contributed by atoms with E-state index >= 15 is 0 Å². The second kappa shape index (κ2) is 6.58. The zero-order chi connectivity index (χ0) is 14.5. The van der Waals surface area contributed by atoms with E-state index in [9.17, 15) is 4.79 Å². The SMILES string of the molecule is CCc1cccc(COc2ccc(C(C)=O)c(Cl)c2)c1. The first-order valence-corrected chi connectivity index (χ1v) is 6.99. The summed E-state index contributed by atoms with van der Waals surface area (Å²) in [5.41, 5.74) is 2.93. The number of aryl methyl sites for hydroxylation is 1. The average Bonchev–Trinajstić information content (AvgIpc) is 2.45. The van der Waals surface area contributed by atoms with Crippen LogP contribution in [0.2, 0.25) is 5.02 Å². The third-order valence-corrected chi connectivity index (χ3v) is 3.44. The van der Waals surface area contributed by atoms with Crippen molar-refractivity contribution in [3.05, 3.63) is 64.2 Å². The maximum absolute atomic E-state index is 11.3. The van der Waals surface area contributed by atoms with Crippen molar-refractivity contribution >= 4 is 17.4 Å². The minimum Gasteiger partial charge on any atom is -0.489 e. The van der Waals surface area contributed by atoms with Crippen LogP contribution in [-0.2, 0) is 13.0 Å². The van der Waals surface area contributed by atoms with Gasteiger partial charge in [0.05, 0.1) is 5.02 Å². The van der Waals surface area contributed by atoms with Gasteiger partial charge in [0.15, 0.2) is 5.78 Å². The van der Waals surface area contributed by atoms with Crippen LogP contribution in [0, 0.1) is 0 Å². The van der Waals surface area contributed by atoms with Crippen LogP contribution in [0.4, 0.5) is 0 Å². The average molecular weight is 289 g/mol. The Morgan fingerprint density at radius 2 is 1.90 bits per heavy atom. The molecule has 20 heavy (non-hydrogen) atoms. The van der Waals surface area contributed by atoms with Crippen LogP contribution in [0.1, 0.15) is 35.3 Å². The zero-order valence-electron chi connectivity index (χ0n) is 11.7. The molecule has 0 aromatic heterocycles. The van der Waals surface area contributed by atoms with Crippen molar-refractivity contribution in [3.8, 4) is 5.75 Å². The molecule has 0 heterocycles. The molecule has 0 aliphatic carbocycles. The predicted octanol–water partition coefficient (Wildman–Crippen LogP) is 4.68. The van der Waals surface area contributed by atoms with E-state index in [4.69, 9.17) is 16.3 Å². The van der Waals surface area contributed by atoms with E-state index < -0.39 is 0 Å². The molecule has 2 rings (SSSR count). The van der Waals surface area contributed by atoms with Crippen LogP contribution in [-0.4, -0.2) is 5.78 Å². The maximum Gasteiger partial charge on any atom is 0.161 e. The number of hydrogen-bond donors (Lipinski definition) is 0. The van der Waals surface area contributed by atoms with Crippen molar-refractivity contribution in [2.45, 2.75) is 26.9 Å². The van der Waals surface area contributed by atoms with Crippen molar-refractivity contribution in [2.75, 3.05) is 0 Å². The lowest BCUT2D eigenvalue weighted by molar-refractivity contribution is 0.101. The molecule has 0 unspecified atom stereocenters. The first kappa shape index (κ1) is 14.6. The molecule has 0 aliphatic rings. The van der Waals surface area contributed by atoms with Crippen molar-refractivity contribution in [2.24, 2.45) is 0 Å². The number of ketones is 1. The molecule has 3 heteroatoms. The molecular weight excluding hydrogens is 272 g/mol. The largest absolute Gasteiger partial charge is 0.489 e. The fourth-order valence-electron chi connectivity index (χ4n) is 1.98. The quantitative estimate of drug-likeness (QED) is 0.747. The minimum absolute atomic E-state index is 0.0443. The summed E-state index contributed by atoms with van der Waals surface area (Å²) in [5.74, 6) is 0.624. The second-order valence-corrected chi connectivity index (χ2v) is 5.07. The molecule has 0 radical (unpaired) electrons. The van der Waals surface area contributed by atoms with Gasteiger partial charge >= 0.3 is 0 Å². The molecule has 0 saturated carbocycles. The Morgan fingerprint density at radius 3 is 2.55 bits per heavy atom. The number of Topliss-reactive ketones (excluding diaryl/α,β-unsaturated/α-hetero) is 1. The predicted molar refractivity (Wildman–Crippen MR) is 81.6 cm³/mol. The minimum atomic E-state index is -0.0443. The summed E-state index contributed by atoms with van der Waals surface area (Å²) in [5, 5.41) is 0.428. The van der Waals surface area contributed by atoms with Gasteiger partial charge < -0.3 is 4.74 Å². The van der Waals surface area contributed by atoms with E-state index in [1.165, 1.54) is 12.5 Å². The van der Waals surface area contributed by atoms with Gasteiger partial charge in [-0.15, -0.1) is 0 Å². The zero-order valence-corrected chi connectivity index (χ0v) is 12.4. The second-order valence-electron chi connectivity index (χ2n) is 4.66. The van der Waals surface area contributed by atoms with E-state index in [2.05, 4.69) is 19.1 Å². The summed E-state index contributed by atoms with van der Waals surface area (Å²) in [4.78, 5) is 11.3. The smallest absolute Gasteiger partial charge is 0.161 e. The van der Waals surface area contributed by atoms with Crippen LogP contribution >= 0.6 is 11.6 Å². The lowest BCUT2D eigenvalue weighted by Gasteiger charge is -2.09. The maximum atomic E-state index is 11.3. The Bertz CT molecular complexity index is 620. The number of carbonyl (C=O) groups excluding carboxylic acids is 1. The molecule has 0 spiro atoms. The van der Waals surface area contributed by atoms with Gasteiger partial charge in [0.1, 0.15) is 12.4 Å². The highest BCUT2D eigenvalue weighted by Crippen LogP contribution is 2.23. The van der Waals surface area contributed by atoms with Crippen LogP contribution in [0.5, 0.6) is 5.75 Å². The highest BCUT2D eigenvalue weighted by atomic mass is 35.5. The first-order valence-electron chi connectivity index (χ1n) is 6.61. The molecule has 2 nitrogen and oxygen atoms in total. The van der Waals surface area contributed by atoms with Gasteiger partial charge in [-0.2, -0.15) is 0 Å². The molecule has 0 saturated heterocycles. The van der Waals surface area contributed by atoms with Crippen LogP contribution < -0.4 is 4.74 Å². The lowest BCUT2D eigenvalue weighted by atomic mass is 10.1. The summed E-state index contributed by atoms with van der Waals surface area (Å²) in [6, 6.07) is 13.4. The normalized spacial score (nSPS) is 10.3. The van der Waals surface area contributed by atoms with E-state index in [0.717, 1.165) is 12.0 Å². The number of benzene rings is 2. The molecule has 2 aromatic rings. The summed E-state index contributed by atoms with van der Waals surface area (Å²) in [6.07, 6.45) is 1.01. The molecule has 0 aliphatic heterocycles. The topological polar surface area (TPSA) is 26.3 Å². The van der Waals surface area contributed by atoms with Gasteiger partial charge in [0, 0.05) is 5.56 Å². The third-order valence-electron chi connectivity index (χ3n) is 3.12. The summed E-state index contributed by atoms with van der Waals surface area (Å²) < 4.78 is 5.71. The molecule has 0 atom stereocenters. The van der Waals surface area contributed by atoms with Gasteiger partial charge in [0.25, 0.3) is 0 Å². The molecule has 0 fully saturated rings. The van der Waals surface area contributed by atoms with Gasteiger partial charge in [-0.25, -0.2) is 0 Å². The van der Waals surface area contributed by atoms with Crippen LogP contribution in [0.3, 0.4) is 0 Å². The van der Waals surface area contributed by atoms with Gasteiger partial charge in [0.2, 0.25) is 0 Å². The fourth-order valence-corrected chi connectivity index (χ4v) is 2.28. The number of hydrogen-bond acceptors (Lipinski definition) is 2. The first-order chi connectivity index (χ1) is 9.60. The molecule has 104 valence electrons. The molecule has 0 bridgehead atoms.